The van der Waals surface area contributed by atoms with Gasteiger partial charge in [0.2, 0.25) is 10.0 Å². The van der Waals surface area contributed by atoms with Crippen molar-refractivity contribution in [2.45, 2.75) is 30.8 Å². The van der Waals surface area contributed by atoms with Gasteiger partial charge in [-0.1, -0.05) is 6.08 Å². The van der Waals surface area contributed by atoms with Gasteiger partial charge in [-0.05, 0) is 43.2 Å². The Bertz CT molecular complexity index is 695. The number of anilines is 1. The first kappa shape index (κ1) is 15.5. The molecule has 0 radical (unpaired) electrons. The highest BCUT2D eigenvalue weighted by atomic mass is 32.2. The molecule has 1 aromatic rings. The first-order valence-electron chi connectivity index (χ1n) is 7.15. The summed E-state index contributed by atoms with van der Waals surface area (Å²) in [6.07, 6.45) is 4.20. The summed E-state index contributed by atoms with van der Waals surface area (Å²) >= 11 is 0. The van der Waals surface area contributed by atoms with Gasteiger partial charge in [0.1, 0.15) is 5.82 Å². The summed E-state index contributed by atoms with van der Waals surface area (Å²) in [6, 6.07) is 3.96. The molecule has 22 heavy (non-hydrogen) atoms. The third kappa shape index (κ3) is 3.02. The third-order valence-electron chi connectivity index (χ3n) is 3.96. The molecule has 1 aliphatic heterocycles. The van der Waals surface area contributed by atoms with E-state index in [1.807, 2.05) is 0 Å². The molecule has 5 nitrogen and oxygen atoms in total. The molecular weight excluding hydrogens is 309 g/mol. The molecular formula is C15H18FNO4S. The van der Waals surface area contributed by atoms with E-state index in [-0.39, 0.29) is 0 Å². The van der Waals surface area contributed by atoms with E-state index in [4.69, 9.17) is 9.47 Å². The van der Waals surface area contributed by atoms with Gasteiger partial charge in [-0.15, -0.1) is 0 Å². The molecule has 0 bridgehead atoms. The van der Waals surface area contributed by atoms with Gasteiger partial charge in [-0.25, -0.2) is 12.8 Å². The van der Waals surface area contributed by atoms with Crippen LogP contribution >= 0.6 is 0 Å². The number of halogens is 1. The highest BCUT2D eigenvalue weighted by molar-refractivity contribution is 7.93. The van der Waals surface area contributed by atoms with Gasteiger partial charge in [-0.3, -0.25) is 4.72 Å². The summed E-state index contributed by atoms with van der Waals surface area (Å²) in [5.74, 6) is -1.15. The van der Waals surface area contributed by atoms with E-state index in [1.54, 1.807) is 19.1 Å². The topological polar surface area (TPSA) is 64.6 Å². The lowest BCUT2D eigenvalue weighted by Gasteiger charge is -2.30. The van der Waals surface area contributed by atoms with E-state index in [0.717, 1.165) is 0 Å². The molecule has 2 aliphatic rings. The quantitative estimate of drug-likeness (QED) is 0.866. The number of aryl methyl sites for hydroxylation is 1. The fraction of sp³-hybridized carbons (Fsp3) is 0.467. The number of hydrogen-bond acceptors (Lipinski definition) is 4. The van der Waals surface area contributed by atoms with Crippen LogP contribution in [0.4, 0.5) is 10.1 Å². The van der Waals surface area contributed by atoms with Crippen LogP contribution in [0.5, 0.6) is 0 Å². The van der Waals surface area contributed by atoms with Crippen LogP contribution in [0.3, 0.4) is 0 Å². The van der Waals surface area contributed by atoms with Crippen LogP contribution < -0.4 is 4.72 Å². The summed E-state index contributed by atoms with van der Waals surface area (Å²) < 4.78 is 51.6. The SMILES string of the molecule is Cc1cc(F)ccc1NS(=O)(=O)C1C=CC2(CC1)OCCO2. The van der Waals surface area contributed by atoms with Gasteiger partial charge < -0.3 is 9.47 Å². The molecule has 3 rings (SSSR count). The van der Waals surface area contributed by atoms with E-state index in [0.29, 0.717) is 37.3 Å². The number of sulfonamides is 1. The lowest BCUT2D eigenvalue weighted by molar-refractivity contribution is -0.124. The first-order valence-corrected chi connectivity index (χ1v) is 8.70. The van der Waals surface area contributed by atoms with Crippen molar-refractivity contribution >= 4 is 15.7 Å². The number of hydrogen-bond donors (Lipinski definition) is 1. The Morgan fingerprint density at radius 1 is 1.32 bits per heavy atom. The molecule has 0 amide bonds. The van der Waals surface area contributed by atoms with Gasteiger partial charge in [-0.2, -0.15) is 0 Å². The van der Waals surface area contributed by atoms with Crippen LogP contribution in [0.25, 0.3) is 0 Å². The minimum atomic E-state index is -3.59. The van der Waals surface area contributed by atoms with Gasteiger partial charge >= 0.3 is 0 Å². The van der Waals surface area contributed by atoms with E-state index < -0.39 is 26.9 Å². The van der Waals surface area contributed by atoms with Crippen LogP contribution in [0.1, 0.15) is 18.4 Å². The Labute approximate surface area is 129 Å². The van der Waals surface area contributed by atoms with Crippen LogP contribution in [-0.2, 0) is 19.5 Å². The minimum Gasteiger partial charge on any atom is -0.344 e. The second-order valence-corrected chi connectivity index (χ2v) is 7.45. The van der Waals surface area contributed by atoms with Crippen LogP contribution in [-0.4, -0.2) is 32.7 Å². The Morgan fingerprint density at radius 3 is 2.64 bits per heavy atom. The van der Waals surface area contributed by atoms with Gasteiger partial charge in [0, 0.05) is 6.42 Å². The predicted molar refractivity (Wildman–Crippen MR) is 80.5 cm³/mol. The van der Waals surface area contributed by atoms with Crippen molar-refractivity contribution in [1.82, 2.24) is 0 Å². The molecule has 1 unspecified atom stereocenters. The first-order chi connectivity index (χ1) is 10.4. The highest BCUT2D eigenvalue weighted by Crippen LogP contribution is 2.33. The second kappa shape index (κ2) is 5.64. The van der Waals surface area contributed by atoms with E-state index >= 15 is 0 Å². The summed E-state index contributed by atoms with van der Waals surface area (Å²) in [5.41, 5.74) is 0.936. The average Bonchev–Trinajstić information content (AvgIpc) is 2.91. The zero-order valence-corrected chi connectivity index (χ0v) is 13.0. The molecule has 1 aliphatic carbocycles. The highest BCUT2D eigenvalue weighted by Gasteiger charge is 2.39. The van der Waals surface area contributed by atoms with E-state index in [2.05, 4.69) is 4.72 Å². The molecule has 7 heteroatoms. The Morgan fingerprint density at radius 2 is 2.05 bits per heavy atom. The van der Waals surface area contributed by atoms with Gasteiger partial charge in [0.25, 0.3) is 0 Å². The smallest absolute Gasteiger partial charge is 0.239 e. The van der Waals surface area contributed by atoms with Gasteiger partial charge in [0.15, 0.2) is 5.79 Å². The normalized spacial score (nSPS) is 23.8. The monoisotopic (exact) mass is 327 g/mol. The van der Waals surface area contributed by atoms with E-state index in [9.17, 15) is 12.8 Å². The lowest BCUT2D eigenvalue weighted by atomic mass is 10.0. The Balaban J connectivity index is 1.76. The molecule has 1 heterocycles. The summed E-state index contributed by atoms with van der Waals surface area (Å²) in [5, 5.41) is -0.657. The van der Waals surface area contributed by atoms with Crippen LogP contribution in [0, 0.1) is 12.7 Å². The summed E-state index contributed by atoms with van der Waals surface area (Å²) in [7, 11) is -3.59. The predicted octanol–water partition coefficient (Wildman–Crippen LogP) is 2.34. The fourth-order valence-corrected chi connectivity index (χ4v) is 4.12. The number of nitrogens with one attached hydrogen (secondary N) is 1. The van der Waals surface area contributed by atoms with E-state index in [1.165, 1.54) is 18.2 Å². The Kier molecular flexibility index (Phi) is 3.96. The zero-order valence-electron chi connectivity index (χ0n) is 12.2. The molecule has 1 N–H and O–H groups in total. The second-order valence-electron chi connectivity index (χ2n) is 5.55. The molecule has 1 spiro atoms. The van der Waals surface area contributed by atoms with Crippen LogP contribution in [0.15, 0.2) is 30.4 Å². The molecule has 1 fully saturated rings. The molecule has 0 saturated carbocycles. The molecule has 1 atom stereocenters. The molecule has 120 valence electrons. The number of rotatable bonds is 3. The van der Waals surface area contributed by atoms with Crippen molar-refractivity contribution in [2.75, 3.05) is 17.9 Å². The van der Waals surface area contributed by atoms with Crippen molar-refractivity contribution in [3.63, 3.8) is 0 Å². The van der Waals surface area contributed by atoms with Crippen molar-refractivity contribution in [3.05, 3.63) is 41.7 Å². The molecule has 1 saturated heterocycles. The number of ether oxygens (including phenoxy) is 2. The van der Waals surface area contributed by atoms with Gasteiger partial charge in [0.05, 0.1) is 24.2 Å². The standard InChI is InChI=1S/C15H18FNO4S/c1-11-10-12(16)2-3-14(11)17-22(18,19)13-4-6-15(7-5-13)20-8-9-21-15/h2-4,6,10,13,17H,5,7-9H2,1H3. The van der Waals surface area contributed by atoms with Crippen LogP contribution in [0.2, 0.25) is 0 Å². The maximum absolute atomic E-state index is 13.1. The Hall–Kier alpha value is -1.44. The third-order valence-corrected chi connectivity index (χ3v) is 5.65. The lowest BCUT2D eigenvalue weighted by Crippen LogP contribution is -2.36. The maximum Gasteiger partial charge on any atom is 0.239 e. The largest absolute Gasteiger partial charge is 0.344 e. The van der Waals surface area contributed by atoms with Crippen molar-refractivity contribution in [1.29, 1.82) is 0 Å². The average molecular weight is 327 g/mol. The zero-order chi connectivity index (χ0) is 15.8. The van der Waals surface area contributed by atoms with Crippen molar-refractivity contribution in [2.24, 2.45) is 0 Å². The van der Waals surface area contributed by atoms with Crippen molar-refractivity contribution in [3.8, 4) is 0 Å². The summed E-state index contributed by atoms with van der Waals surface area (Å²) in [6.45, 7) is 2.70. The maximum atomic E-state index is 13.1. The molecule has 1 aromatic carbocycles. The minimum absolute atomic E-state index is 0.392. The summed E-state index contributed by atoms with van der Waals surface area (Å²) in [4.78, 5) is 0. The van der Waals surface area contributed by atoms with Crippen molar-refractivity contribution < 1.29 is 22.3 Å². The number of benzene rings is 1. The fourth-order valence-electron chi connectivity index (χ4n) is 2.72. The molecule has 0 aromatic heterocycles.